The van der Waals surface area contributed by atoms with Crippen molar-refractivity contribution in [3.05, 3.63) is 29.8 Å². The minimum Gasteiger partial charge on any atom is -0.497 e. The van der Waals surface area contributed by atoms with Gasteiger partial charge >= 0.3 is 0 Å². The number of ether oxygens (including phenoxy) is 1. The van der Waals surface area contributed by atoms with E-state index in [9.17, 15) is 4.79 Å². The third kappa shape index (κ3) is 8.67. The number of rotatable bonds is 9. The van der Waals surface area contributed by atoms with Crippen molar-refractivity contribution >= 4 is 35.8 Å². The molecule has 1 aromatic carbocycles. The fourth-order valence-electron chi connectivity index (χ4n) is 3.52. The quantitative estimate of drug-likeness (QED) is 0.292. The summed E-state index contributed by atoms with van der Waals surface area (Å²) in [5, 5.41) is 6.58. The van der Waals surface area contributed by atoms with Gasteiger partial charge in [0.25, 0.3) is 0 Å². The van der Waals surface area contributed by atoms with Gasteiger partial charge in [-0.15, -0.1) is 24.0 Å². The van der Waals surface area contributed by atoms with Crippen molar-refractivity contribution in [1.29, 1.82) is 0 Å². The van der Waals surface area contributed by atoms with Gasteiger partial charge in [-0.05, 0) is 50.6 Å². The van der Waals surface area contributed by atoms with E-state index in [2.05, 4.69) is 27.7 Å². The largest absolute Gasteiger partial charge is 0.497 e. The number of benzene rings is 1. The predicted octanol–water partition coefficient (Wildman–Crippen LogP) is 2.87. The van der Waals surface area contributed by atoms with E-state index in [0.29, 0.717) is 19.5 Å². The van der Waals surface area contributed by atoms with Crippen LogP contribution in [0.4, 0.5) is 0 Å². The molecular weight excluding hydrogens is 493 g/mol. The number of hydrogen-bond donors (Lipinski definition) is 2. The van der Waals surface area contributed by atoms with E-state index in [-0.39, 0.29) is 35.9 Å². The van der Waals surface area contributed by atoms with Crippen LogP contribution in [0.15, 0.2) is 29.3 Å². The Balaban J connectivity index is 0.00000450. The zero-order chi connectivity index (χ0) is 21.1. The molecule has 7 nitrogen and oxygen atoms in total. The molecule has 1 aromatic rings. The summed E-state index contributed by atoms with van der Waals surface area (Å²) < 4.78 is 5.31. The number of carbonyl (C=O) groups excluding carboxylic acids is 1. The Morgan fingerprint density at radius 3 is 2.40 bits per heavy atom. The van der Waals surface area contributed by atoms with Gasteiger partial charge < -0.3 is 20.3 Å². The number of piperidine rings is 1. The molecular formula is C22H38IN5O2. The highest BCUT2D eigenvalue weighted by molar-refractivity contribution is 14.0. The Labute approximate surface area is 198 Å². The lowest BCUT2D eigenvalue weighted by Gasteiger charge is -2.34. The molecule has 1 aliphatic heterocycles. The molecule has 1 fully saturated rings. The van der Waals surface area contributed by atoms with Gasteiger partial charge in [-0.25, -0.2) is 0 Å². The average Bonchev–Trinajstić information content (AvgIpc) is 2.74. The summed E-state index contributed by atoms with van der Waals surface area (Å²) in [5.74, 6) is 1.74. The fraction of sp³-hybridized carbons (Fsp3) is 0.636. The zero-order valence-electron chi connectivity index (χ0n) is 18.8. The summed E-state index contributed by atoms with van der Waals surface area (Å²) in [4.78, 5) is 20.8. The van der Waals surface area contributed by atoms with Crippen molar-refractivity contribution in [3.63, 3.8) is 0 Å². The Hall–Kier alpha value is -1.55. The Morgan fingerprint density at radius 2 is 1.83 bits per heavy atom. The highest BCUT2D eigenvalue weighted by atomic mass is 127. The second-order valence-electron chi connectivity index (χ2n) is 7.57. The normalized spacial score (nSPS) is 15.7. The first-order valence-corrected chi connectivity index (χ1v) is 10.7. The van der Waals surface area contributed by atoms with Crippen LogP contribution in [0.1, 0.15) is 44.2 Å². The number of nitrogens with one attached hydrogen (secondary N) is 2. The van der Waals surface area contributed by atoms with Gasteiger partial charge in [0.15, 0.2) is 5.96 Å². The van der Waals surface area contributed by atoms with E-state index < -0.39 is 0 Å². The number of aliphatic imine (C=N–C) groups is 1. The topological polar surface area (TPSA) is 69.2 Å². The standard InChI is InChI=1S/C22H37N5O2.HI/c1-5-23-22(24-14-13-21(28)26(2)3)25-17-20(27-15-7-6-8-16-27)18-9-11-19(29-4)12-10-18;/h9-12,20H,5-8,13-17H2,1-4H3,(H2,23,24,25);1H. The van der Waals surface area contributed by atoms with Gasteiger partial charge in [0.05, 0.1) is 19.7 Å². The smallest absolute Gasteiger partial charge is 0.223 e. The number of hydrogen-bond acceptors (Lipinski definition) is 4. The van der Waals surface area contributed by atoms with Crippen LogP contribution >= 0.6 is 24.0 Å². The Bertz CT molecular complexity index is 645. The molecule has 1 amide bonds. The molecule has 170 valence electrons. The first kappa shape index (κ1) is 26.5. The van der Waals surface area contributed by atoms with Crippen LogP contribution in [0.5, 0.6) is 5.75 Å². The van der Waals surface area contributed by atoms with Crippen LogP contribution in [-0.2, 0) is 4.79 Å². The van der Waals surface area contributed by atoms with Crippen molar-refractivity contribution in [2.75, 3.05) is 53.9 Å². The first-order valence-electron chi connectivity index (χ1n) is 10.7. The van der Waals surface area contributed by atoms with Crippen molar-refractivity contribution in [1.82, 2.24) is 20.4 Å². The number of methoxy groups -OCH3 is 1. The number of carbonyl (C=O) groups is 1. The van der Waals surface area contributed by atoms with Gasteiger partial charge in [-0.1, -0.05) is 18.6 Å². The molecule has 0 radical (unpaired) electrons. The van der Waals surface area contributed by atoms with Crippen LogP contribution in [0.25, 0.3) is 0 Å². The molecule has 0 bridgehead atoms. The summed E-state index contributed by atoms with van der Waals surface area (Å²) in [7, 11) is 5.25. The number of halogens is 1. The minimum atomic E-state index is 0. The molecule has 1 saturated heterocycles. The lowest BCUT2D eigenvalue weighted by molar-refractivity contribution is -0.128. The third-order valence-corrected chi connectivity index (χ3v) is 5.23. The summed E-state index contributed by atoms with van der Waals surface area (Å²) in [6.45, 7) is 6.28. The molecule has 1 aliphatic rings. The van der Waals surface area contributed by atoms with Crippen LogP contribution in [0.3, 0.4) is 0 Å². The van der Waals surface area contributed by atoms with Crippen LogP contribution < -0.4 is 15.4 Å². The van der Waals surface area contributed by atoms with E-state index >= 15 is 0 Å². The third-order valence-electron chi connectivity index (χ3n) is 5.23. The number of amides is 1. The van der Waals surface area contributed by atoms with Crippen molar-refractivity contribution in [3.8, 4) is 5.75 Å². The Kier molecular flexibility index (Phi) is 12.8. The zero-order valence-corrected chi connectivity index (χ0v) is 21.1. The summed E-state index contributed by atoms with van der Waals surface area (Å²) >= 11 is 0. The molecule has 1 unspecified atom stereocenters. The number of likely N-dealkylation sites (tertiary alicyclic amines) is 1. The van der Waals surface area contributed by atoms with Crippen molar-refractivity contribution in [2.45, 2.75) is 38.6 Å². The van der Waals surface area contributed by atoms with Gasteiger partial charge in [0.2, 0.25) is 5.91 Å². The van der Waals surface area contributed by atoms with Crippen LogP contribution in [-0.4, -0.2) is 75.6 Å². The molecule has 1 heterocycles. The van der Waals surface area contributed by atoms with E-state index in [1.165, 1.54) is 24.8 Å². The molecule has 0 aliphatic carbocycles. The van der Waals surface area contributed by atoms with Crippen LogP contribution in [0.2, 0.25) is 0 Å². The van der Waals surface area contributed by atoms with Gasteiger partial charge in [-0.2, -0.15) is 0 Å². The van der Waals surface area contributed by atoms with Crippen molar-refractivity contribution in [2.24, 2.45) is 4.99 Å². The maximum Gasteiger partial charge on any atom is 0.223 e. The van der Waals surface area contributed by atoms with E-state index in [1.54, 1.807) is 26.1 Å². The van der Waals surface area contributed by atoms with Crippen molar-refractivity contribution < 1.29 is 9.53 Å². The van der Waals surface area contributed by atoms with E-state index in [4.69, 9.17) is 9.73 Å². The minimum absolute atomic E-state index is 0. The molecule has 0 spiro atoms. The molecule has 8 heteroatoms. The second kappa shape index (κ2) is 14.5. The second-order valence-corrected chi connectivity index (χ2v) is 7.57. The molecule has 2 rings (SSSR count). The molecule has 0 aromatic heterocycles. The molecule has 1 atom stereocenters. The molecule has 30 heavy (non-hydrogen) atoms. The van der Waals surface area contributed by atoms with Crippen LogP contribution in [0, 0.1) is 0 Å². The summed E-state index contributed by atoms with van der Waals surface area (Å²) in [6, 6.07) is 8.56. The lowest BCUT2D eigenvalue weighted by atomic mass is 10.0. The molecule has 0 saturated carbocycles. The maximum absolute atomic E-state index is 11.8. The first-order chi connectivity index (χ1) is 14.0. The van der Waals surface area contributed by atoms with E-state index in [1.807, 2.05) is 19.1 Å². The fourth-order valence-corrected chi connectivity index (χ4v) is 3.52. The highest BCUT2D eigenvalue weighted by Gasteiger charge is 2.22. The average molecular weight is 531 g/mol. The molecule has 2 N–H and O–H groups in total. The maximum atomic E-state index is 11.8. The number of nitrogens with zero attached hydrogens (tertiary/aromatic N) is 3. The summed E-state index contributed by atoms with van der Waals surface area (Å²) in [5.41, 5.74) is 1.26. The monoisotopic (exact) mass is 531 g/mol. The van der Waals surface area contributed by atoms with E-state index in [0.717, 1.165) is 31.3 Å². The summed E-state index contributed by atoms with van der Waals surface area (Å²) in [6.07, 6.45) is 4.23. The number of guanidine groups is 1. The lowest BCUT2D eigenvalue weighted by Crippen LogP contribution is -2.40. The Morgan fingerprint density at radius 1 is 1.17 bits per heavy atom. The SMILES string of the molecule is CCNC(=NCC(c1ccc(OC)cc1)N1CCCCC1)NCCC(=O)N(C)C.I. The van der Waals surface area contributed by atoms with Gasteiger partial charge in [0.1, 0.15) is 5.75 Å². The highest BCUT2D eigenvalue weighted by Crippen LogP contribution is 2.26. The van der Waals surface area contributed by atoms with Gasteiger partial charge in [-0.3, -0.25) is 14.7 Å². The predicted molar refractivity (Wildman–Crippen MR) is 134 cm³/mol. The van der Waals surface area contributed by atoms with Gasteiger partial charge in [0, 0.05) is 33.6 Å².